The molecule has 1 aromatic carbocycles. The minimum Gasteiger partial charge on any atom is -0.496 e. The number of nitrogens with zero attached hydrogens (tertiary/aromatic N) is 2. The number of rotatable bonds is 9. The molecule has 0 spiro atoms. The predicted molar refractivity (Wildman–Crippen MR) is 73.9 cm³/mol. The molecule has 20 heavy (non-hydrogen) atoms. The smallest absolute Gasteiger partial charge is 0.270 e. The molecule has 0 bridgehead atoms. The van der Waals surface area contributed by atoms with Gasteiger partial charge in [0.25, 0.3) is 5.69 Å². The van der Waals surface area contributed by atoms with E-state index in [4.69, 9.17) is 14.6 Å². The Morgan fingerprint density at radius 2 is 2.10 bits per heavy atom. The highest BCUT2D eigenvalue weighted by molar-refractivity contribution is 5.43. The Morgan fingerprint density at radius 3 is 2.65 bits per heavy atom. The van der Waals surface area contributed by atoms with Gasteiger partial charge in [0.05, 0.1) is 25.2 Å². The van der Waals surface area contributed by atoms with Gasteiger partial charge in [-0.2, -0.15) is 0 Å². The van der Waals surface area contributed by atoms with Gasteiger partial charge in [0.15, 0.2) is 0 Å². The van der Waals surface area contributed by atoms with Crippen molar-refractivity contribution in [3.63, 3.8) is 0 Å². The van der Waals surface area contributed by atoms with Crippen molar-refractivity contribution >= 4 is 5.69 Å². The summed E-state index contributed by atoms with van der Waals surface area (Å²) in [5, 5.41) is 19.9. The maximum absolute atomic E-state index is 10.8. The van der Waals surface area contributed by atoms with Crippen molar-refractivity contribution in [2.24, 2.45) is 0 Å². The molecule has 0 saturated carbocycles. The Balaban J connectivity index is 2.90. The molecule has 0 aliphatic carbocycles. The van der Waals surface area contributed by atoms with Gasteiger partial charge >= 0.3 is 0 Å². The van der Waals surface area contributed by atoms with E-state index in [9.17, 15) is 10.1 Å². The molecule has 0 heterocycles. The van der Waals surface area contributed by atoms with Crippen LogP contribution in [0, 0.1) is 10.1 Å². The van der Waals surface area contributed by atoms with Crippen LogP contribution in [0.1, 0.15) is 5.56 Å². The van der Waals surface area contributed by atoms with Crippen molar-refractivity contribution in [2.75, 3.05) is 40.5 Å². The van der Waals surface area contributed by atoms with Crippen molar-refractivity contribution in [3.8, 4) is 5.75 Å². The number of hydrogen-bond acceptors (Lipinski definition) is 6. The van der Waals surface area contributed by atoms with Gasteiger partial charge in [-0.25, -0.2) is 0 Å². The molecule has 1 N–H and O–H groups in total. The third-order valence-electron chi connectivity index (χ3n) is 2.90. The lowest BCUT2D eigenvalue weighted by Gasteiger charge is -2.21. The molecule has 0 fully saturated rings. The van der Waals surface area contributed by atoms with Crippen molar-refractivity contribution in [3.05, 3.63) is 33.9 Å². The summed E-state index contributed by atoms with van der Waals surface area (Å²) in [6, 6.07) is 4.49. The first-order valence-corrected chi connectivity index (χ1v) is 6.25. The zero-order valence-electron chi connectivity index (χ0n) is 11.7. The SMILES string of the molecule is COCCN(CCO)Cc1cc([N+](=O)[O-])ccc1OC. The van der Waals surface area contributed by atoms with Crippen LogP contribution < -0.4 is 4.74 Å². The maximum Gasteiger partial charge on any atom is 0.270 e. The third-order valence-corrected chi connectivity index (χ3v) is 2.90. The van der Waals surface area contributed by atoms with E-state index in [1.165, 1.54) is 19.2 Å². The van der Waals surface area contributed by atoms with Gasteiger partial charge in [-0.3, -0.25) is 15.0 Å². The van der Waals surface area contributed by atoms with Gasteiger partial charge < -0.3 is 14.6 Å². The molecule has 7 nitrogen and oxygen atoms in total. The Bertz CT molecular complexity index is 439. The number of nitro benzene ring substituents is 1. The van der Waals surface area contributed by atoms with Crippen LogP contribution in [0.3, 0.4) is 0 Å². The van der Waals surface area contributed by atoms with Gasteiger partial charge in [0.2, 0.25) is 0 Å². The number of aliphatic hydroxyl groups is 1. The first kappa shape index (κ1) is 16.4. The number of aliphatic hydroxyl groups excluding tert-OH is 1. The van der Waals surface area contributed by atoms with Crippen molar-refractivity contribution in [1.82, 2.24) is 4.90 Å². The minimum absolute atomic E-state index is 0.0148. The van der Waals surface area contributed by atoms with E-state index in [1.807, 2.05) is 4.90 Å². The molecule has 7 heteroatoms. The molecule has 0 aliphatic heterocycles. The molecular formula is C13H20N2O5. The first-order valence-electron chi connectivity index (χ1n) is 6.25. The van der Waals surface area contributed by atoms with Crippen LogP contribution in [-0.2, 0) is 11.3 Å². The highest BCUT2D eigenvalue weighted by Gasteiger charge is 2.14. The van der Waals surface area contributed by atoms with Crippen LogP contribution in [0.15, 0.2) is 18.2 Å². The number of nitro groups is 1. The second-order valence-corrected chi connectivity index (χ2v) is 4.25. The van der Waals surface area contributed by atoms with Crippen LogP contribution in [0.5, 0.6) is 5.75 Å². The predicted octanol–water partition coefficient (Wildman–Crippen LogP) is 1.04. The molecule has 0 radical (unpaired) electrons. The molecule has 0 unspecified atom stereocenters. The summed E-state index contributed by atoms with van der Waals surface area (Å²) in [5.41, 5.74) is 0.739. The Kier molecular flexibility index (Phi) is 6.92. The summed E-state index contributed by atoms with van der Waals surface area (Å²) in [6.45, 7) is 2.09. The standard InChI is InChI=1S/C13H20N2O5/c1-19-8-6-14(5-7-16)10-11-9-12(15(17)18)3-4-13(11)20-2/h3-4,9,16H,5-8,10H2,1-2H3. The Labute approximate surface area is 117 Å². The fourth-order valence-corrected chi connectivity index (χ4v) is 1.87. The van der Waals surface area contributed by atoms with Crippen LogP contribution >= 0.6 is 0 Å². The molecular weight excluding hydrogens is 264 g/mol. The topological polar surface area (TPSA) is 85.1 Å². The largest absolute Gasteiger partial charge is 0.496 e. The van der Waals surface area contributed by atoms with E-state index >= 15 is 0 Å². The molecule has 0 aliphatic rings. The molecule has 0 aromatic heterocycles. The van der Waals surface area contributed by atoms with Gasteiger partial charge in [-0.05, 0) is 6.07 Å². The van der Waals surface area contributed by atoms with E-state index < -0.39 is 4.92 Å². The van der Waals surface area contributed by atoms with Crippen molar-refractivity contribution in [2.45, 2.75) is 6.54 Å². The summed E-state index contributed by atoms with van der Waals surface area (Å²) in [4.78, 5) is 12.3. The second-order valence-electron chi connectivity index (χ2n) is 4.25. The molecule has 1 aromatic rings. The lowest BCUT2D eigenvalue weighted by molar-refractivity contribution is -0.384. The van der Waals surface area contributed by atoms with E-state index in [0.717, 1.165) is 0 Å². The van der Waals surface area contributed by atoms with E-state index in [2.05, 4.69) is 0 Å². The van der Waals surface area contributed by atoms with Gasteiger partial charge in [-0.15, -0.1) is 0 Å². The molecule has 0 amide bonds. The summed E-state index contributed by atoms with van der Waals surface area (Å²) in [7, 11) is 3.13. The molecule has 0 saturated heterocycles. The zero-order chi connectivity index (χ0) is 15.0. The summed E-state index contributed by atoms with van der Waals surface area (Å²) < 4.78 is 10.2. The summed E-state index contributed by atoms with van der Waals surface area (Å²) in [6.07, 6.45) is 0. The van der Waals surface area contributed by atoms with Gasteiger partial charge in [-0.1, -0.05) is 0 Å². The van der Waals surface area contributed by atoms with Gasteiger partial charge in [0.1, 0.15) is 5.75 Å². The number of ether oxygens (including phenoxy) is 2. The monoisotopic (exact) mass is 284 g/mol. The average Bonchev–Trinajstić information content (AvgIpc) is 2.44. The van der Waals surface area contributed by atoms with Crippen molar-refractivity contribution < 1.29 is 19.5 Å². The number of non-ortho nitro benzene ring substituents is 1. The second kappa shape index (κ2) is 8.47. The highest BCUT2D eigenvalue weighted by Crippen LogP contribution is 2.25. The quantitative estimate of drug-likeness (QED) is 0.539. The first-order chi connectivity index (χ1) is 9.62. The average molecular weight is 284 g/mol. The summed E-state index contributed by atoms with van der Waals surface area (Å²) >= 11 is 0. The van der Waals surface area contributed by atoms with Crippen LogP contribution in [0.4, 0.5) is 5.69 Å². The van der Waals surface area contributed by atoms with E-state index in [-0.39, 0.29) is 12.3 Å². The zero-order valence-corrected chi connectivity index (χ0v) is 11.7. The fourth-order valence-electron chi connectivity index (χ4n) is 1.87. The highest BCUT2D eigenvalue weighted by atomic mass is 16.6. The fraction of sp³-hybridized carbons (Fsp3) is 0.538. The molecule has 112 valence electrons. The normalized spacial score (nSPS) is 10.8. The van der Waals surface area contributed by atoms with Gasteiger partial charge in [0, 0.05) is 44.4 Å². The molecule has 1 rings (SSSR count). The van der Waals surface area contributed by atoms with E-state index in [1.54, 1.807) is 13.2 Å². The van der Waals surface area contributed by atoms with E-state index in [0.29, 0.717) is 37.6 Å². The Hall–Kier alpha value is -1.70. The lowest BCUT2D eigenvalue weighted by Crippen LogP contribution is -2.30. The number of benzene rings is 1. The molecule has 0 atom stereocenters. The third kappa shape index (κ3) is 4.76. The van der Waals surface area contributed by atoms with Crippen molar-refractivity contribution in [1.29, 1.82) is 0 Å². The lowest BCUT2D eigenvalue weighted by atomic mass is 10.1. The van der Waals surface area contributed by atoms with Crippen LogP contribution in [0.25, 0.3) is 0 Å². The minimum atomic E-state index is -0.436. The number of methoxy groups -OCH3 is 2. The maximum atomic E-state index is 10.8. The number of hydrogen-bond donors (Lipinski definition) is 1. The van der Waals surface area contributed by atoms with Crippen LogP contribution in [0.2, 0.25) is 0 Å². The summed E-state index contributed by atoms with van der Waals surface area (Å²) in [5.74, 6) is 0.593. The Morgan fingerprint density at radius 1 is 1.35 bits per heavy atom. The van der Waals surface area contributed by atoms with Crippen LogP contribution in [-0.4, -0.2) is 55.5 Å².